The molecule has 6 nitrogen and oxygen atoms in total. The molecule has 1 fully saturated rings. The lowest BCUT2D eigenvalue weighted by Crippen LogP contribution is -2.24. The van der Waals surface area contributed by atoms with E-state index in [1.165, 1.54) is 22.3 Å². The maximum atomic E-state index is 13.1. The van der Waals surface area contributed by atoms with Crippen LogP contribution in [0.4, 0.5) is 5.69 Å². The Bertz CT molecular complexity index is 1420. The third-order valence-electron chi connectivity index (χ3n) is 7.00. The van der Waals surface area contributed by atoms with Crippen molar-refractivity contribution in [2.75, 3.05) is 18.2 Å². The van der Waals surface area contributed by atoms with Crippen LogP contribution in [0.1, 0.15) is 40.4 Å². The molecule has 6 rings (SSSR count). The van der Waals surface area contributed by atoms with Gasteiger partial charge in [-0.3, -0.25) is 4.79 Å². The van der Waals surface area contributed by atoms with Gasteiger partial charge in [0.15, 0.2) is 11.5 Å². The average molecular weight is 454 g/mol. The highest BCUT2D eigenvalue weighted by molar-refractivity contribution is 5.97. The fourth-order valence-corrected chi connectivity index (χ4v) is 5.37. The lowest BCUT2D eigenvalue weighted by molar-refractivity contribution is -0.117. The zero-order valence-electron chi connectivity index (χ0n) is 19.7. The van der Waals surface area contributed by atoms with Crippen LogP contribution < -0.4 is 14.4 Å². The van der Waals surface area contributed by atoms with Crippen LogP contribution in [-0.4, -0.2) is 28.8 Å². The molecule has 34 heavy (non-hydrogen) atoms. The van der Waals surface area contributed by atoms with Gasteiger partial charge in [-0.1, -0.05) is 29.8 Å². The molecule has 1 saturated heterocycles. The summed E-state index contributed by atoms with van der Waals surface area (Å²) in [6.07, 6.45) is 0.434. The first kappa shape index (κ1) is 20.8. The fraction of sp³-hybridized carbons (Fsp3) is 0.286. The summed E-state index contributed by atoms with van der Waals surface area (Å²) in [6, 6.07) is 18.4. The van der Waals surface area contributed by atoms with Gasteiger partial charge in [-0.25, -0.2) is 4.98 Å². The largest absolute Gasteiger partial charge is 0.454 e. The number of rotatable bonds is 4. The van der Waals surface area contributed by atoms with E-state index in [2.05, 4.69) is 55.7 Å². The minimum Gasteiger partial charge on any atom is -0.454 e. The molecule has 2 aliphatic rings. The molecule has 1 amide bonds. The normalized spacial score (nSPS) is 17.2. The van der Waals surface area contributed by atoms with E-state index >= 15 is 0 Å². The summed E-state index contributed by atoms with van der Waals surface area (Å²) in [4.78, 5) is 20.0. The van der Waals surface area contributed by atoms with E-state index in [-0.39, 0.29) is 18.6 Å². The van der Waals surface area contributed by atoms with Crippen LogP contribution in [0.15, 0.2) is 54.6 Å². The number of ether oxygens (including phenoxy) is 2. The van der Waals surface area contributed by atoms with Crippen molar-refractivity contribution >= 4 is 22.6 Å². The molecule has 4 aromatic rings. The van der Waals surface area contributed by atoms with Gasteiger partial charge in [0.25, 0.3) is 0 Å². The Hall–Kier alpha value is -3.80. The molecule has 1 atom stereocenters. The van der Waals surface area contributed by atoms with E-state index in [1.54, 1.807) is 0 Å². The molecular formula is C28H27N3O3. The highest BCUT2D eigenvalue weighted by atomic mass is 16.7. The predicted molar refractivity (Wildman–Crippen MR) is 132 cm³/mol. The summed E-state index contributed by atoms with van der Waals surface area (Å²) in [5.41, 5.74) is 8.06. The van der Waals surface area contributed by atoms with Crippen molar-refractivity contribution in [2.24, 2.45) is 0 Å². The molecule has 0 bridgehead atoms. The maximum absolute atomic E-state index is 13.1. The van der Waals surface area contributed by atoms with Crippen LogP contribution in [0.2, 0.25) is 0 Å². The predicted octanol–water partition coefficient (Wildman–Crippen LogP) is 5.26. The zero-order valence-corrected chi connectivity index (χ0v) is 19.7. The molecule has 1 aromatic heterocycles. The summed E-state index contributed by atoms with van der Waals surface area (Å²) in [6.45, 7) is 8.03. The van der Waals surface area contributed by atoms with E-state index < -0.39 is 0 Å². The van der Waals surface area contributed by atoms with Crippen LogP contribution in [0.25, 0.3) is 11.0 Å². The van der Waals surface area contributed by atoms with Gasteiger partial charge < -0.3 is 18.9 Å². The van der Waals surface area contributed by atoms with Gasteiger partial charge in [-0.2, -0.15) is 0 Å². The Morgan fingerprint density at radius 2 is 1.74 bits per heavy atom. The Labute approximate surface area is 198 Å². The van der Waals surface area contributed by atoms with E-state index in [1.807, 2.05) is 29.2 Å². The summed E-state index contributed by atoms with van der Waals surface area (Å²) in [5, 5.41) is 0. The quantitative estimate of drug-likeness (QED) is 0.423. The molecule has 3 heterocycles. The van der Waals surface area contributed by atoms with E-state index in [4.69, 9.17) is 14.5 Å². The number of fused-ring (bicyclic) bond motifs is 2. The van der Waals surface area contributed by atoms with Crippen molar-refractivity contribution in [3.8, 4) is 11.5 Å². The molecule has 0 aliphatic carbocycles. The van der Waals surface area contributed by atoms with Gasteiger partial charge in [0.05, 0.1) is 11.0 Å². The maximum Gasteiger partial charge on any atom is 0.231 e. The minimum absolute atomic E-state index is 0.0105. The highest BCUT2D eigenvalue weighted by Gasteiger charge is 2.35. The van der Waals surface area contributed by atoms with Gasteiger partial charge >= 0.3 is 0 Å². The van der Waals surface area contributed by atoms with Crippen molar-refractivity contribution in [3.05, 3.63) is 82.7 Å². The van der Waals surface area contributed by atoms with Gasteiger partial charge in [0, 0.05) is 37.2 Å². The monoisotopic (exact) mass is 453 g/mol. The number of benzene rings is 3. The van der Waals surface area contributed by atoms with Gasteiger partial charge in [0.1, 0.15) is 5.82 Å². The summed E-state index contributed by atoms with van der Waals surface area (Å²) < 4.78 is 13.3. The molecule has 6 heteroatoms. The van der Waals surface area contributed by atoms with Crippen LogP contribution in [-0.2, 0) is 11.3 Å². The lowest BCUT2D eigenvalue weighted by Gasteiger charge is -2.19. The Kier molecular flexibility index (Phi) is 4.83. The van der Waals surface area contributed by atoms with Crippen LogP contribution in [0.3, 0.4) is 0 Å². The summed E-state index contributed by atoms with van der Waals surface area (Å²) in [7, 11) is 0. The Balaban J connectivity index is 1.38. The van der Waals surface area contributed by atoms with Gasteiger partial charge in [0.2, 0.25) is 12.7 Å². The first-order valence-electron chi connectivity index (χ1n) is 11.7. The second-order valence-corrected chi connectivity index (χ2v) is 9.37. The first-order chi connectivity index (χ1) is 16.5. The number of hydrogen-bond donors (Lipinski definition) is 0. The van der Waals surface area contributed by atoms with E-state index in [0.717, 1.165) is 34.8 Å². The number of carbonyl (C=O) groups is 1. The highest BCUT2D eigenvalue weighted by Crippen LogP contribution is 2.39. The molecule has 0 radical (unpaired) electrons. The summed E-state index contributed by atoms with van der Waals surface area (Å²) >= 11 is 0. The Morgan fingerprint density at radius 3 is 2.56 bits per heavy atom. The number of amides is 1. The smallest absolute Gasteiger partial charge is 0.231 e. The topological polar surface area (TPSA) is 56.6 Å². The van der Waals surface area contributed by atoms with Crippen LogP contribution in [0.5, 0.6) is 11.5 Å². The second kappa shape index (κ2) is 7.90. The SMILES string of the molecule is Cc1cc(C)c(Cn2c(C3CC(=O)N(c4ccc5c(c4)OCO5)C3)nc3ccccc32)c(C)c1. The van der Waals surface area contributed by atoms with Crippen LogP contribution in [0, 0.1) is 20.8 Å². The molecule has 0 saturated carbocycles. The van der Waals surface area contributed by atoms with Crippen molar-refractivity contribution in [2.45, 2.75) is 39.7 Å². The summed E-state index contributed by atoms with van der Waals surface area (Å²) in [5.74, 6) is 2.49. The average Bonchev–Trinajstić information content (AvgIpc) is 3.52. The molecule has 3 aromatic carbocycles. The molecule has 1 unspecified atom stereocenters. The number of anilines is 1. The van der Waals surface area contributed by atoms with Crippen molar-refractivity contribution in [1.82, 2.24) is 9.55 Å². The van der Waals surface area contributed by atoms with Crippen molar-refractivity contribution in [3.63, 3.8) is 0 Å². The van der Waals surface area contributed by atoms with Crippen molar-refractivity contribution < 1.29 is 14.3 Å². The number of carbonyl (C=O) groups excluding carboxylic acids is 1. The molecule has 2 aliphatic heterocycles. The third kappa shape index (κ3) is 3.41. The molecule has 0 spiro atoms. The lowest BCUT2D eigenvalue weighted by atomic mass is 9.99. The number of nitrogens with zero attached hydrogens (tertiary/aromatic N) is 3. The third-order valence-corrected chi connectivity index (χ3v) is 7.00. The van der Waals surface area contributed by atoms with E-state index in [9.17, 15) is 4.79 Å². The molecule has 0 N–H and O–H groups in total. The number of hydrogen-bond acceptors (Lipinski definition) is 4. The molecule has 172 valence electrons. The fourth-order valence-electron chi connectivity index (χ4n) is 5.37. The number of imidazole rings is 1. The van der Waals surface area contributed by atoms with Gasteiger partial charge in [-0.15, -0.1) is 0 Å². The number of para-hydroxylation sites is 2. The van der Waals surface area contributed by atoms with Crippen LogP contribution >= 0.6 is 0 Å². The zero-order chi connectivity index (χ0) is 23.4. The van der Waals surface area contributed by atoms with Crippen molar-refractivity contribution in [1.29, 1.82) is 0 Å². The Morgan fingerprint density at radius 1 is 0.971 bits per heavy atom. The number of aromatic nitrogens is 2. The molecular weight excluding hydrogens is 426 g/mol. The first-order valence-corrected chi connectivity index (χ1v) is 11.7. The number of aryl methyl sites for hydroxylation is 3. The standard InChI is InChI=1S/C28H27N3O3/c1-17-10-18(2)22(19(3)11-17)15-31-24-7-5-4-6-23(24)29-28(31)20-12-27(32)30(14-20)21-8-9-25-26(13-21)34-16-33-25/h4-11,13,20H,12,14-16H2,1-3H3. The van der Waals surface area contributed by atoms with E-state index in [0.29, 0.717) is 18.7 Å². The minimum atomic E-state index is 0.0105. The second-order valence-electron chi connectivity index (χ2n) is 9.37. The van der Waals surface area contributed by atoms with Gasteiger partial charge in [-0.05, 0) is 61.7 Å².